The minimum absolute atomic E-state index is 0. The lowest BCUT2D eigenvalue weighted by Gasteiger charge is -2.12. The summed E-state index contributed by atoms with van der Waals surface area (Å²) in [4.78, 5) is 16.6. The number of rotatable bonds is 8. The predicted molar refractivity (Wildman–Crippen MR) is 128 cm³/mol. The smallest absolute Gasteiger partial charge is 0.251 e. The predicted octanol–water partition coefficient (Wildman–Crippen LogP) is 3.78. The van der Waals surface area contributed by atoms with Gasteiger partial charge in [0.15, 0.2) is 5.96 Å². The maximum Gasteiger partial charge on any atom is 0.251 e. The molecule has 1 amide bonds. The number of guanidine groups is 1. The van der Waals surface area contributed by atoms with Crippen molar-refractivity contribution in [2.75, 3.05) is 19.5 Å². The number of benzene rings is 2. The number of methoxy groups -OCH3 is 2. The highest BCUT2D eigenvalue weighted by Gasteiger charge is 2.09. The monoisotopic (exact) mass is 512 g/mol. The van der Waals surface area contributed by atoms with Gasteiger partial charge in [-0.1, -0.05) is 19.1 Å². The van der Waals surface area contributed by atoms with Gasteiger partial charge in [-0.3, -0.25) is 4.79 Å². The summed E-state index contributed by atoms with van der Waals surface area (Å²) in [5.74, 6) is 1.45. The van der Waals surface area contributed by atoms with E-state index in [1.54, 1.807) is 38.5 Å². The molecular weight excluding hydrogens is 483 g/mol. The third-order valence-corrected chi connectivity index (χ3v) is 4.28. The van der Waals surface area contributed by atoms with Crippen LogP contribution in [0.2, 0.25) is 0 Å². The van der Waals surface area contributed by atoms with Crippen LogP contribution in [-0.2, 0) is 6.54 Å². The maximum atomic E-state index is 12.3. The topological polar surface area (TPSA) is 98.0 Å². The first-order chi connectivity index (χ1) is 13.5. The Morgan fingerprint density at radius 2 is 1.93 bits per heavy atom. The van der Waals surface area contributed by atoms with Gasteiger partial charge < -0.3 is 25.8 Å². The zero-order valence-corrected chi connectivity index (χ0v) is 19.5. The molecular formula is C21H29IN4O3. The van der Waals surface area contributed by atoms with Crippen molar-refractivity contribution in [3.05, 3.63) is 53.6 Å². The van der Waals surface area contributed by atoms with E-state index in [2.05, 4.69) is 15.6 Å². The first-order valence-corrected chi connectivity index (χ1v) is 9.15. The third-order valence-electron chi connectivity index (χ3n) is 4.28. The molecule has 0 heterocycles. The van der Waals surface area contributed by atoms with Gasteiger partial charge in [-0.05, 0) is 43.2 Å². The number of anilines is 1. The molecule has 0 aromatic heterocycles. The van der Waals surface area contributed by atoms with Crippen molar-refractivity contribution < 1.29 is 14.3 Å². The summed E-state index contributed by atoms with van der Waals surface area (Å²) in [6.45, 7) is 4.35. The van der Waals surface area contributed by atoms with Gasteiger partial charge in [0.2, 0.25) is 0 Å². The van der Waals surface area contributed by atoms with Crippen LogP contribution >= 0.6 is 24.0 Å². The highest BCUT2D eigenvalue weighted by atomic mass is 127. The Bertz CT molecular complexity index is 842. The number of aliphatic imine (C=N–C) groups is 1. The highest BCUT2D eigenvalue weighted by molar-refractivity contribution is 14.0. The number of nitrogens with two attached hydrogens (primary N) is 1. The quantitative estimate of drug-likeness (QED) is 0.284. The van der Waals surface area contributed by atoms with Crippen molar-refractivity contribution >= 4 is 41.5 Å². The molecule has 29 heavy (non-hydrogen) atoms. The van der Waals surface area contributed by atoms with E-state index in [0.717, 1.165) is 12.0 Å². The summed E-state index contributed by atoms with van der Waals surface area (Å²) < 4.78 is 10.5. The largest absolute Gasteiger partial charge is 0.497 e. The Balaban J connectivity index is 0.00000420. The minimum Gasteiger partial charge on any atom is -0.497 e. The molecule has 0 saturated carbocycles. The number of carbonyl (C=O) groups excluding carboxylic acids is 1. The molecule has 2 rings (SSSR count). The van der Waals surface area contributed by atoms with Gasteiger partial charge in [-0.2, -0.15) is 0 Å². The van der Waals surface area contributed by atoms with E-state index in [0.29, 0.717) is 29.3 Å². The van der Waals surface area contributed by atoms with E-state index >= 15 is 0 Å². The average Bonchev–Trinajstić information content (AvgIpc) is 2.72. The lowest BCUT2D eigenvalue weighted by atomic mass is 10.1. The molecule has 1 atom stereocenters. The Morgan fingerprint density at radius 3 is 2.59 bits per heavy atom. The van der Waals surface area contributed by atoms with Crippen molar-refractivity contribution in [3.8, 4) is 11.5 Å². The molecule has 1 unspecified atom stereocenters. The molecule has 0 spiro atoms. The van der Waals surface area contributed by atoms with Crippen LogP contribution in [0.25, 0.3) is 0 Å². The Morgan fingerprint density at radius 1 is 1.17 bits per heavy atom. The fourth-order valence-corrected chi connectivity index (χ4v) is 2.49. The van der Waals surface area contributed by atoms with Crippen molar-refractivity contribution in [3.63, 3.8) is 0 Å². The van der Waals surface area contributed by atoms with E-state index < -0.39 is 0 Å². The van der Waals surface area contributed by atoms with Crippen LogP contribution < -0.4 is 25.8 Å². The Hall–Kier alpha value is -2.49. The van der Waals surface area contributed by atoms with Crippen molar-refractivity contribution in [2.45, 2.75) is 32.9 Å². The van der Waals surface area contributed by atoms with Gasteiger partial charge in [0, 0.05) is 17.7 Å². The van der Waals surface area contributed by atoms with Gasteiger partial charge in [0.05, 0.1) is 26.5 Å². The number of carbonyl (C=O) groups is 1. The zero-order valence-electron chi connectivity index (χ0n) is 17.2. The molecule has 4 N–H and O–H groups in total. The SMILES string of the molecule is CCC(C)NC(=O)c1cccc(CN=C(N)Nc2cc(OC)ccc2OC)c1.I. The average molecular weight is 512 g/mol. The summed E-state index contributed by atoms with van der Waals surface area (Å²) in [6.07, 6.45) is 0.881. The van der Waals surface area contributed by atoms with Crippen LogP contribution in [-0.4, -0.2) is 32.1 Å². The fourth-order valence-electron chi connectivity index (χ4n) is 2.49. The third kappa shape index (κ3) is 7.45. The number of nitrogens with one attached hydrogen (secondary N) is 2. The molecule has 0 bridgehead atoms. The summed E-state index contributed by atoms with van der Waals surface area (Å²) in [6, 6.07) is 12.8. The molecule has 158 valence electrons. The molecule has 2 aromatic carbocycles. The molecule has 0 aliphatic carbocycles. The fraction of sp³-hybridized carbons (Fsp3) is 0.333. The Labute approximate surface area is 189 Å². The standard InChI is InChI=1S/C21H28N4O3.HI/c1-5-14(2)24-20(26)16-8-6-7-15(11-16)13-23-21(22)25-18-12-17(27-3)9-10-19(18)28-4;/h6-12,14H,5,13H2,1-4H3,(H,24,26)(H3,22,23,25);1H. The van der Waals surface area contributed by atoms with Crippen LogP contribution in [0.5, 0.6) is 11.5 Å². The summed E-state index contributed by atoms with van der Waals surface area (Å²) in [5.41, 5.74) is 8.16. The van der Waals surface area contributed by atoms with Crippen LogP contribution in [0.3, 0.4) is 0 Å². The molecule has 0 saturated heterocycles. The van der Waals surface area contributed by atoms with E-state index in [4.69, 9.17) is 15.2 Å². The molecule has 7 nitrogen and oxygen atoms in total. The van der Waals surface area contributed by atoms with E-state index in [1.165, 1.54) is 0 Å². The number of hydrogen-bond donors (Lipinski definition) is 3. The molecule has 0 aliphatic heterocycles. The number of halogens is 1. The molecule has 0 fully saturated rings. The second-order valence-corrected chi connectivity index (χ2v) is 6.38. The van der Waals surface area contributed by atoms with Gasteiger partial charge in [-0.15, -0.1) is 24.0 Å². The summed E-state index contributed by atoms with van der Waals surface area (Å²) in [7, 11) is 3.17. The van der Waals surface area contributed by atoms with E-state index in [-0.39, 0.29) is 41.9 Å². The van der Waals surface area contributed by atoms with Gasteiger partial charge in [0.25, 0.3) is 5.91 Å². The van der Waals surface area contributed by atoms with E-state index in [9.17, 15) is 4.79 Å². The van der Waals surface area contributed by atoms with Gasteiger partial charge >= 0.3 is 0 Å². The summed E-state index contributed by atoms with van der Waals surface area (Å²) >= 11 is 0. The number of amides is 1. The lowest BCUT2D eigenvalue weighted by Crippen LogP contribution is -2.31. The molecule has 0 radical (unpaired) electrons. The van der Waals surface area contributed by atoms with Gasteiger partial charge in [-0.25, -0.2) is 4.99 Å². The van der Waals surface area contributed by atoms with Crippen molar-refractivity contribution in [1.82, 2.24) is 5.32 Å². The van der Waals surface area contributed by atoms with Crippen LogP contribution in [0.4, 0.5) is 5.69 Å². The molecule has 8 heteroatoms. The minimum atomic E-state index is -0.0904. The first-order valence-electron chi connectivity index (χ1n) is 9.15. The number of ether oxygens (including phenoxy) is 2. The highest BCUT2D eigenvalue weighted by Crippen LogP contribution is 2.28. The van der Waals surface area contributed by atoms with Crippen LogP contribution in [0, 0.1) is 0 Å². The number of hydrogen-bond acceptors (Lipinski definition) is 4. The lowest BCUT2D eigenvalue weighted by molar-refractivity contribution is 0.0939. The molecule has 0 aliphatic rings. The van der Waals surface area contributed by atoms with Crippen molar-refractivity contribution in [2.24, 2.45) is 10.7 Å². The number of nitrogens with zero attached hydrogens (tertiary/aromatic N) is 1. The van der Waals surface area contributed by atoms with Crippen LogP contribution in [0.1, 0.15) is 36.2 Å². The normalized spacial score (nSPS) is 11.8. The first kappa shape index (κ1) is 24.5. The van der Waals surface area contributed by atoms with Crippen LogP contribution in [0.15, 0.2) is 47.5 Å². The summed E-state index contributed by atoms with van der Waals surface area (Å²) in [5, 5.41) is 5.98. The second kappa shape index (κ2) is 12.2. The molecule has 2 aromatic rings. The van der Waals surface area contributed by atoms with Gasteiger partial charge in [0.1, 0.15) is 11.5 Å². The van der Waals surface area contributed by atoms with Crippen molar-refractivity contribution in [1.29, 1.82) is 0 Å². The second-order valence-electron chi connectivity index (χ2n) is 6.38. The zero-order chi connectivity index (χ0) is 20.5. The van der Waals surface area contributed by atoms with E-state index in [1.807, 2.05) is 32.0 Å². The Kier molecular flexibility index (Phi) is 10.3. The maximum absolute atomic E-state index is 12.3.